The fourth-order valence-corrected chi connectivity index (χ4v) is 3.97. The van der Waals surface area contributed by atoms with Gasteiger partial charge in [0.15, 0.2) is 11.5 Å². The van der Waals surface area contributed by atoms with Crippen molar-refractivity contribution in [3.8, 4) is 17.2 Å². The lowest BCUT2D eigenvalue weighted by Gasteiger charge is -2.22. The van der Waals surface area contributed by atoms with Crippen molar-refractivity contribution in [2.75, 3.05) is 0 Å². The molecule has 0 spiro atoms. The van der Waals surface area contributed by atoms with Gasteiger partial charge < -0.3 is 9.30 Å². The van der Waals surface area contributed by atoms with Crippen LogP contribution in [0, 0.1) is 0 Å². The molecule has 0 bridgehead atoms. The standard InChI is InChI=1S/C22H13NO/c1-2-7-15-14(6-1)12-13-20-21(15)23-18-10-4-3-8-16(18)17-9-5-11-19(24-20)22(17)23/h1-13H. The second-order valence-electron chi connectivity index (χ2n) is 6.24. The third kappa shape index (κ3) is 1.36. The molecule has 2 nitrogen and oxygen atoms in total. The molecule has 5 aromatic rings. The third-order valence-electron chi connectivity index (χ3n) is 4.96. The van der Waals surface area contributed by atoms with Gasteiger partial charge in [-0.25, -0.2) is 0 Å². The molecule has 0 aliphatic carbocycles. The minimum Gasteiger partial charge on any atom is -0.453 e. The van der Waals surface area contributed by atoms with Crippen LogP contribution in [0.25, 0.3) is 38.3 Å². The fraction of sp³-hybridized carbons (Fsp3) is 0. The van der Waals surface area contributed by atoms with Crippen molar-refractivity contribution in [1.29, 1.82) is 0 Å². The van der Waals surface area contributed by atoms with Gasteiger partial charge in [-0.1, -0.05) is 60.7 Å². The smallest absolute Gasteiger partial charge is 0.152 e. The molecule has 1 aliphatic rings. The minimum absolute atomic E-state index is 0.912. The zero-order valence-corrected chi connectivity index (χ0v) is 12.9. The van der Waals surface area contributed by atoms with Gasteiger partial charge in [0.2, 0.25) is 0 Å². The molecular weight excluding hydrogens is 294 g/mol. The number of para-hydroxylation sites is 2. The summed E-state index contributed by atoms with van der Waals surface area (Å²) in [5, 5.41) is 4.94. The second kappa shape index (κ2) is 4.18. The zero-order chi connectivity index (χ0) is 15.7. The van der Waals surface area contributed by atoms with Crippen molar-refractivity contribution in [1.82, 2.24) is 4.57 Å². The van der Waals surface area contributed by atoms with E-state index in [1.807, 2.05) is 0 Å². The summed E-state index contributed by atoms with van der Waals surface area (Å²) in [6, 6.07) is 27.6. The van der Waals surface area contributed by atoms with E-state index in [0.717, 1.165) is 22.7 Å². The Morgan fingerprint density at radius 2 is 1.38 bits per heavy atom. The van der Waals surface area contributed by atoms with Crippen LogP contribution in [0.15, 0.2) is 78.9 Å². The van der Waals surface area contributed by atoms with Crippen LogP contribution in [0.4, 0.5) is 0 Å². The van der Waals surface area contributed by atoms with Gasteiger partial charge in [0.25, 0.3) is 0 Å². The highest BCUT2D eigenvalue weighted by Gasteiger charge is 2.24. The number of benzene rings is 4. The topological polar surface area (TPSA) is 14.2 Å². The summed E-state index contributed by atoms with van der Waals surface area (Å²) in [6.07, 6.45) is 0. The first kappa shape index (κ1) is 12.2. The van der Waals surface area contributed by atoms with E-state index >= 15 is 0 Å². The van der Waals surface area contributed by atoms with Crippen molar-refractivity contribution >= 4 is 32.6 Å². The lowest BCUT2D eigenvalue weighted by molar-refractivity contribution is 0.477. The molecule has 0 N–H and O–H groups in total. The Kier molecular flexibility index (Phi) is 2.12. The first-order chi connectivity index (χ1) is 11.9. The Morgan fingerprint density at radius 1 is 0.583 bits per heavy atom. The van der Waals surface area contributed by atoms with E-state index in [4.69, 9.17) is 4.74 Å². The summed E-state index contributed by atoms with van der Waals surface area (Å²) in [4.78, 5) is 0. The lowest BCUT2D eigenvalue weighted by atomic mass is 10.1. The Hall–Kier alpha value is -3.26. The first-order valence-electron chi connectivity index (χ1n) is 8.14. The van der Waals surface area contributed by atoms with Crippen LogP contribution in [-0.4, -0.2) is 4.57 Å². The van der Waals surface area contributed by atoms with Crippen LogP contribution >= 0.6 is 0 Å². The van der Waals surface area contributed by atoms with Crippen molar-refractivity contribution in [2.24, 2.45) is 0 Å². The van der Waals surface area contributed by atoms with Crippen molar-refractivity contribution < 1.29 is 4.74 Å². The van der Waals surface area contributed by atoms with Gasteiger partial charge in [-0.2, -0.15) is 0 Å². The van der Waals surface area contributed by atoms with Crippen molar-refractivity contribution in [3.63, 3.8) is 0 Å². The molecule has 0 saturated carbocycles. The van der Waals surface area contributed by atoms with Crippen molar-refractivity contribution in [3.05, 3.63) is 78.9 Å². The molecule has 0 atom stereocenters. The predicted octanol–water partition coefficient (Wildman–Crippen LogP) is 6.04. The normalized spacial score (nSPS) is 12.5. The molecule has 2 heterocycles. The van der Waals surface area contributed by atoms with E-state index in [-0.39, 0.29) is 0 Å². The number of fused-ring (bicyclic) bond motifs is 7. The maximum Gasteiger partial charge on any atom is 0.152 e. The summed E-state index contributed by atoms with van der Waals surface area (Å²) in [6.45, 7) is 0. The SMILES string of the molecule is c1ccc2c3c(ccc2c1)Oc1cccc2c4ccccc4n-3c12. The second-order valence-corrected chi connectivity index (χ2v) is 6.24. The lowest BCUT2D eigenvalue weighted by Crippen LogP contribution is -2.04. The van der Waals surface area contributed by atoms with Crippen molar-refractivity contribution in [2.45, 2.75) is 0 Å². The summed E-state index contributed by atoms with van der Waals surface area (Å²) < 4.78 is 8.63. The predicted molar refractivity (Wildman–Crippen MR) is 98.4 cm³/mol. The van der Waals surface area contributed by atoms with Gasteiger partial charge >= 0.3 is 0 Å². The molecular formula is C22H13NO. The third-order valence-corrected chi connectivity index (χ3v) is 4.96. The highest BCUT2D eigenvalue weighted by Crippen LogP contribution is 2.47. The molecule has 112 valence electrons. The summed E-state index contributed by atoms with van der Waals surface area (Å²) in [5.74, 6) is 1.83. The van der Waals surface area contributed by atoms with E-state index in [9.17, 15) is 0 Å². The zero-order valence-electron chi connectivity index (χ0n) is 12.9. The molecule has 2 heteroatoms. The Bertz CT molecular complexity index is 1280. The molecule has 0 unspecified atom stereocenters. The quantitative estimate of drug-likeness (QED) is 0.333. The fourth-order valence-electron chi connectivity index (χ4n) is 3.97. The number of ether oxygens (including phenoxy) is 1. The van der Waals surface area contributed by atoms with E-state index in [1.54, 1.807) is 0 Å². The van der Waals surface area contributed by atoms with Crippen LogP contribution in [-0.2, 0) is 0 Å². The Morgan fingerprint density at radius 3 is 2.33 bits per heavy atom. The first-order valence-corrected chi connectivity index (χ1v) is 8.14. The molecule has 0 radical (unpaired) electrons. The molecule has 4 aromatic carbocycles. The van der Waals surface area contributed by atoms with Gasteiger partial charge in [0, 0.05) is 16.2 Å². The number of aromatic nitrogens is 1. The van der Waals surface area contributed by atoms with Crippen LogP contribution < -0.4 is 4.74 Å². The van der Waals surface area contributed by atoms with Gasteiger partial charge in [0.1, 0.15) is 0 Å². The largest absolute Gasteiger partial charge is 0.453 e. The Labute approximate surface area is 138 Å². The van der Waals surface area contributed by atoms with Gasteiger partial charge in [-0.15, -0.1) is 0 Å². The van der Waals surface area contributed by atoms with Gasteiger partial charge in [-0.3, -0.25) is 0 Å². The Balaban J connectivity index is 1.94. The number of hydrogen-bond acceptors (Lipinski definition) is 1. The highest BCUT2D eigenvalue weighted by molar-refractivity contribution is 6.13. The summed E-state index contributed by atoms with van der Waals surface area (Å²) in [5.41, 5.74) is 3.52. The van der Waals surface area contributed by atoms with E-state index < -0.39 is 0 Å². The molecule has 24 heavy (non-hydrogen) atoms. The summed E-state index contributed by atoms with van der Waals surface area (Å²) in [7, 11) is 0. The molecule has 0 fully saturated rings. The molecule has 6 rings (SSSR count). The number of nitrogens with zero attached hydrogens (tertiary/aromatic N) is 1. The van der Waals surface area contributed by atoms with Crippen LogP contribution in [0.3, 0.4) is 0 Å². The van der Waals surface area contributed by atoms with Gasteiger partial charge in [0.05, 0.1) is 16.7 Å². The van der Waals surface area contributed by atoms with E-state index in [1.165, 1.54) is 27.1 Å². The molecule has 1 aromatic heterocycles. The molecule has 0 saturated heterocycles. The van der Waals surface area contributed by atoms with Crippen LogP contribution in [0.1, 0.15) is 0 Å². The van der Waals surface area contributed by atoms with E-state index in [0.29, 0.717) is 0 Å². The average molecular weight is 307 g/mol. The van der Waals surface area contributed by atoms with Gasteiger partial charge in [-0.05, 0) is 23.6 Å². The number of hydrogen-bond donors (Lipinski definition) is 0. The maximum absolute atomic E-state index is 6.27. The minimum atomic E-state index is 0.912. The number of rotatable bonds is 0. The van der Waals surface area contributed by atoms with Crippen LogP contribution in [0.2, 0.25) is 0 Å². The molecule has 0 amide bonds. The monoisotopic (exact) mass is 307 g/mol. The maximum atomic E-state index is 6.27. The van der Waals surface area contributed by atoms with E-state index in [2.05, 4.69) is 83.4 Å². The molecule has 1 aliphatic heterocycles. The average Bonchev–Trinajstić information content (AvgIpc) is 2.98. The van der Waals surface area contributed by atoms with Crippen LogP contribution in [0.5, 0.6) is 11.5 Å². The highest BCUT2D eigenvalue weighted by atomic mass is 16.5. The summed E-state index contributed by atoms with van der Waals surface area (Å²) >= 11 is 0.